The third-order valence-electron chi connectivity index (χ3n) is 5.25. The zero-order chi connectivity index (χ0) is 21.1. The van der Waals surface area contributed by atoms with E-state index in [1.807, 2.05) is 24.3 Å². The normalized spacial score (nSPS) is 18.1. The van der Waals surface area contributed by atoms with Crippen molar-refractivity contribution in [3.8, 4) is 0 Å². The van der Waals surface area contributed by atoms with Gasteiger partial charge in [-0.3, -0.25) is 9.69 Å². The van der Waals surface area contributed by atoms with Crippen LogP contribution in [-0.4, -0.2) is 43.0 Å². The van der Waals surface area contributed by atoms with Gasteiger partial charge < -0.3 is 19.4 Å². The van der Waals surface area contributed by atoms with E-state index in [1.165, 1.54) is 44.2 Å². The van der Waals surface area contributed by atoms with Crippen molar-refractivity contribution in [1.82, 2.24) is 10.2 Å². The number of nitrogens with zero attached hydrogens (tertiary/aromatic N) is 2. The second kappa shape index (κ2) is 8.44. The van der Waals surface area contributed by atoms with Gasteiger partial charge in [-0.1, -0.05) is 12.1 Å². The maximum Gasteiger partial charge on any atom is 0.373 e. The maximum atomic E-state index is 12.7. The van der Waals surface area contributed by atoms with Crippen molar-refractivity contribution >= 4 is 29.7 Å². The van der Waals surface area contributed by atoms with Crippen molar-refractivity contribution in [3.05, 3.63) is 59.2 Å². The molecule has 4 rings (SSSR count). The molecule has 156 valence electrons. The quantitative estimate of drug-likeness (QED) is 0.463. The second-order valence-electron chi connectivity index (χ2n) is 7.28. The number of ether oxygens (including phenoxy) is 1. The summed E-state index contributed by atoms with van der Waals surface area (Å²) in [6, 6.07) is 10.4. The number of hydrogen-bond acceptors (Lipinski definition) is 6. The highest BCUT2D eigenvalue weighted by atomic mass is 16.5. The number of piperidine rings is 1. The average molecular weight is 409 g/mol. The summed E-state index contributed by atoms with van der Waals surface area (Å²) in [7, 11) is 1.25. The first-order valence-corrected chi connectivity index (χ1v) is 9.92. The Morgan fingerprint density at radius 2 is 1.83 bits per heavy atom. The summed E-state index contributed by atoms with van der Waals surface area (Å²) in [6.07, 6.45) is 5.35. The van der Waals surface area contributed by atoms with Crippen molar-refractivity contribution in [2.45, 2.75) is 25.8 Å². The highest BCUT2D eigenvalue weighted by Gasteiger charge is 2.34. The van der Waals surface area contributed by atoms with Gasteiger partial charge in [0.1, 0.15) is 11.5 Å². The molecule has 2 aromatic rings. The van der Waals surface area contributed by atoms with Crippen LogP contribution in [0.5, 0.6) is 0 Å². The Labute approximate surface area is 174 Å². The number of nitrogens with one attached hydrogen (secondary N) is 1. The van der Waals surface area contributed by atoms with E-state index >= 15 is 0 Å². The molecule has 8 heteroatoms. The van der Waals surface area contributed by atoms with Crippen molar-refractivity contribution < 1.29 is 23.5 Å². The number of hydrogen-bond donors (Lipinski definition) is 1. The molecule has 1 aromatic heterocycles. The minimum Gasteiger partial charge on any atom is -0.463 e. The summed E-state index contributed by atoms with van der Waals surface area (Å²) < 4.78 is 9.93. The number of carbonyl (C=O) groups excluding carboxylic acids is 3. The Kier molecular flexibility index (Phi) is 5.56. The summed E-state index contributed by atoms with van der Waals surface area (Å²) in [6.45, 7) is 2.05. The third-order valence-corrected chi connectivity index (χ3v) is 5.25. The lowest BCUT2D eigenvalue weighted by Gasteiger charge is -2.28. The van der Waals surface area contributed by atoms with Gasteiger partial charge in [0.25, 0.3) is 5.91 Å². The van der Waals surface area contributed by atoms with Crippen LogP contribution in [0, 0.1) is 0 Å². The van der Waals surface area contributed by atoms with Crippen LogP contribution in [0.1, 0.15) is 41.1 Å². The zero-order valence-corrected chi connectivity index (χ0v) is 16.7. The number of methoxy groups -OCH3 is 1. The van der Waals surface area contributed by atoms with Gasteiger partial charge in [-0.15, -0.1) is 0 Å². The van der Waals surface area contributed by atoms with E-state index < -0.39 is 17.9 Å². The minimum atomic E-state index is -0.618. The second-order valence-corrected chi connectivity index (χ2v) is 7.28. The van der Waals surface area contributed by atoms with Crippen LogP contribution in [0.4, 0.5) is 10.5 Å². The van der Waals surface area contributed by atoms with Gasteiger partial charge in [0.05, 0.1) is 13.7 Å². The van der Waals surface area contributed by atoms with E-state index in [0.29, 0.717) is 5.76 Å². The first-order chi connectivity index (χ1) is 14.5. The predicted octanol–water partition coefficient (Wildman–Crippen LogP) is 3.15. The molecule has 0 aliphatic carbocycles. The Bertz CT molecular complexity index is 986. The van der Waals surface area contributed by atoms with Crippen LogP contribution in [-0.2, 0) is 16.1 Å². The fraction of sp³-hybridized carbons (Fsp3) is 0.318. The van der Waals surface area contributed by atoms with E-state index in [9.17, 15) is 14.4 Å². The highest BCUT2D eigenvalue weighted by molar-refractivity contribution is 6.13. The van der Waals surface area contributed by atoms with Gasteiger partial charge in [0.15, 0.2) is 0 Å². The molecule has 2 fully saturated rings. The molecule has 2 aliphatic rings. The number of imide groups is 1. The zero-order valence-electron chi connectivity index (χ0n) is 16.7. The molecule has 3 heterocycles. The SMILES string of the molecule is COC(=O)c1ccc(CN2C(=O)N/C(=C\c3ccc(N4CCCCC4)cc3)C2=O)o1. The summed E-state index contributed by atoms with van der Waals surface area (Å²) in [5.41, 5.74) is 2.19. The summed E-state index contributed by atoms with van der Waals surface area (Å²) in [5.74, 6) is -0.738. The fourth-order valence-electron chi connectivity index (χ4n) is 3.64. The van der Waals surface area contributed by atoms with Gasteiger partial charge >= 0.3 is 12.0 Å². The molecular formula is C22H23N3O5. The number of esters is 1. The smallest absolute Gasteiger partial charge is 0.373 e. The van der Waals surface area contributed by atoms with Crippen LogP contribution in [0.2, 0.25) is 0 Å². The van der Waals surface area contributed by atoms with Gasteiger partial charge in [0.2, 0.25) is 5.76 Å². The molecule has 30 heavy (non-hydrogen) atoms. The van der Waals surface area contributed by atoms with Crippen LogP contribution in [0.3, 0.4) is 0 Å². The Hall–Kier alpha value is -3.55. The molecule has 0 spiro atoms. The van der Waals surface area contributed by atoms with Crippen molar-refractivity contribution in [1.29, 1.82) is 0 Å². The van der Waals surface area contributed by atoms with E-state index in [0.717, 1.165) is 23.6 Å². The van der Waals surface area contributed by atoms with Crippen molar-refractivity contribution in [2.24, 2.45) is 0 Å². The van der Waals surface area contributed by atoms with Crippen molar-refractivity contribution in [3.63, 3.8) is 0 Å². The lowest BCUT2D eigenvalue weighted by molar-refractivity contribution is -0.123. The van der Waals surface area contributed by atoms with Crippen LogP contribution >= 0.6 is 0 Å². The number of rotatable bonds is 5. The first-order valence-electron chi connectivity index (χ1n) is 9.92. The van der Waals surface area contributed by atoms with Gasteiger partial charge in [-0.05, 0) is 55.2 Å². The molecule has 0 atom stereocenters. The topological polar surface area (TPSA) is 92.1 Å². The fourth-order valence-corrected chi connectivity index (χ4v) is 3.64. The molecule has 0 unspecified atom stereocenters. The van der Waals surface area contributed by atoms with Gasteiger partial charge in [-0.2, -0.15) is 0 Å². The third kappa shape index (κ3) is 4.07. The molecule has 2 saturated heterocycles. The molecular weight excluding hydrogens is 386 g/mol. The molecule has 1 N–H and O–H groups in total. The number of furan rings is 1. The Balaban J connectivity index is 1.44. The van der Waals surface area contributed by atoms with Gasteiger partial charge in [0, 0.05) is 18.8 Å². The molecule has 3 amide bonds. The Morgan fingerprint density at radius 1 is 1.10 bits per heavy atom. The highest BCUT2D eigenvalue weighted by Crippen LogP contribution is 2.22. The maximum absolute atomic E-state index is 12.7. The monoisotopic (exact) mass is 409 g/mol. The number of amides is 3. The number of benzene rings is 1. The summed E-state index contributed by atoms with van der Waals surface area (Å²) >= 11 is 0. The lowest BCUT2D eigenvalue weighted by Crippen LogP contribution is -2.30. The number of carbonyl (C=O) groups is 3. The van der Waals surface area contributed by atoms with E-state index in [4.69, 9.17) is 4.42 Å². The molecule has 0 bridgehead atoms. The largest absolute Gasteiger partial charge is 0.463 e. The number of urea groups is 1. The predicted molar refractivity (Wildman–Crippen MR) is 110 cm³/mol. The molecule has 0 saturated carbocycles. The minimum absolute atomic E-state index is 0.0177. The van der Waals surface area contributed by atoms with Crippen LogP contribution in [0.15, 0.2) is 46.5 Å². The lowest BCUT2D eigenvalue weighted by atomic mass is 10.1. The number of anilines is 1. The first kappa shape index (κ1) is 19.8. The van der Waals surface area contributed by atoms with Crippen LogP contribution < -0.4 is 10.2 Å². The molecule has 2 aliphatic heterocycles. The van der Waals surface area contributed by atoms with E-state index in [-0.39, 0.29) is 18.0 Å². The van der Waals surface area contributed by atoms with E-state index in [1.54, 1.807) is 6.08 Å². The summed E-state index contributed by atoms with van der Waals surface area (Å²) in [4.78, 5) is 39.8. The molecule has 8 nitrogen and oxygen atoms in total. The Morgan fingerprint density at radius 3 is 2.53 bits per heavy atom. The molecule has 1 aromatic carbocycles. The summed E-state index contributed by atoms with van der Waals surface area (Å²) in [5, 5.41) is 2.60. The average Bonchev–Trinajstić information content (AvgIpc) is 3.35. The van der Waals surface area contributed by atoms with Crippen molar-refractivity contribution in [2.75, 3.05) is 25.1 Å². The van der Waals surface area contributed by atoms with Gasteiger partial charge in [-0.25, -0.2) is 9.59 Å². The van der Waals surface area contributed by atoms with Crippen LogP contribution in [0.25, 0.3) is 6.08 Å². The molecule has 0 radical (unpaired) electrons. The van der Waals surface area contributed by atoms with E-state index in [2.05, 4.69) is 15.0 Å². The standard InChI is InChI=1S/C22H23N3O5/c1-29-21(27)19-10-9-17(30-19)14-25-20(26)18(23-22(25)28)13-15-5-7-16(8-6-15)24-11-3-2-4-12-24/h5-10,13H,2-4,11-12,14H2,1H3,(H,23,28)/b18-13-.